The Labute approximate surface area is 127 Å². The van der Waals surface area contributed by atoms with Gasteiger partial charge in [0.2, 0.25) is 0 Å². The van der Waals surface area contributed by atoms with Crippen molar-refractivity contribution in [2.45, 2.75) is 4.90 Å². The molecule has 0 saturated carbocycles. The molecule has 3 N–H and O–H groups in total. The molecule has 2 rings (SSSR count). The molecule has 0 atom stereocenters. The average molecular weight is 327 g/mol. The molecule has 0 radical (unpaired) electrons. The third-order valence-corrected chi connectivity index (χ3v) is 4.63. The first-order valence-electron chi connectivity index (χ1n) is 5.57. The molecule has 104 valence electrons. The Kier molecular flexibility index (Phi) is 4.27. The lowest BCUT2D eigenvalue weighted by Gasteiger charge is -2.10. The van der Waals surface area contributed by atoms with Crippen LogP contribution in [0.4, 0.5) is 5.69 Å². The van der Waals surface area contributed by atoms with Gasteiger partial charge in [-0.1, -0.05) is 48.1 Å². The smallest absolute Gasteiger partial charge is 0.263 e. The van der Waals surface area contributed by atoms with Crippen molar-refractivity contribution in [1.82, 2.24) is 0 Å². The van der Waals surface area contributed by atoms with Crippen LogP contribution in [0.1, 0.15) is 5.56 Å². The number of sulfonamides is 1. The van der Waals surface area contributed by atoms with Crippen molar-refractivity contribution >= 4 is 44.5 Å². The summed E-state index contributed by atoms with van der Waals surface area (Å²) in [6.45, 7) is 0. The highest BCUT2D eigenvalue weighted by atomic mass is 35.5. The van der Waals surface area contributed by atoms with Crippen LogP contribution < -0.4 is 10.5 Å². The number of nitrogens with one attached hydrogen (secondary N) is 1. The molecule has 0 spiro atoms. The van der Waals surface area contributed by atoms with E-state index in [0.717, 1.165) is 0 Å². The molecule has 7 heteroatoms. The summed E-state index contributed by atoms with van der Waals surface area (Å²) in [5, 5.41) is 0.105. The van der Waals surface area contributed by atoms with E-state index in [2.05, 4.69) is 4.72 Å². The van der Waals surface area contributed by atoms with Crippen LogP contribution in [0.2, 0.25) is 5.02 Å². The summed E-state index contributed by atoms with van der Waals surface area (Å²) in [6, 6.07) is 12.9. The van der Waals surface area contributed by atoms with Crippen LogP contribution in [0.25, 0.3) is 0 Å². The summed E-state index contributed by atoms with van der Waals surface area (Å²) < 4.78 is 27.1. The van der Waals surface area contributed by atoms with E-state index < -0.39 is 10.0 Å². The summed E-state index contributed by atoms with van der Waals surface area (Å²) in [5.74, 6) is 0. The van der Waals surface area contributed by atoms with Crippen molar-refractivity contribution in [3.63, 3.8) is 0 Å². The van der Waals surface area contributed by atoms with Crippen LogP contribution in [-0.2, 0) is 10.0 Å². The zero-order chi connectivity index (χ0) is 14.8. The van der Waals surface area contributed by atoms with Crippen molar-refractivity contribution in [3.8, 4) is 0 Å². The van der Waals surface area contributed by atoms with E-state index >= 15 is 0 Å². The number of anilines is 1. The molecule has 4 nitrogen and oxygen atoms in total. The summed E-state index contributed by atoms with van der Waals surface area (Å²) in [4.78, 5) is 0.0474. The Morgan fingerprint density at radius 3 is 2.40 bits per heavy atom. The molecule has 0 aliphatic carbocycles. The molecule has 0 bridgehead atoms. The quantitative estimate of drug-likeness (QED) is 0.847. The van der Waals surface area contributed by atoms with Crippen LogP contribution in [0, 0.1) is 0 Å². The predicted octanol–water partition coefficient (Wildman–Crippen LogP) is 2.78. The monoisotopic (exact) mass is 326 g/mol. The highest BCUT2D eigenvalue weighted by Gasteiger charge is 2.19. The molecule has 0 heterocycles. The van der Waals surface area contributed by atoms with E-state index in [1.807, 2.05) is 0 Å². The summed E-state index contributed by atoms with van der Waals surface area (Å²) in [5.41, 5.74) is 6.39. The van der Waals surface area contributed by atoms with Crippen LogP contribution in [-0.4, -0.2) is 13.4 Å². The summed E-state index contributed by atoms with van der Waals surface area (Å²) in [6.07, 6.45) is 0. The summed E-state index contributed by atoms with van der Waals surface area (Å²) >= 11 is 10.8. The summed E-state index contributed by atoms with van der Waals surface area (Å²) in [7, 11) is -3.80. The maximum atomic E-state index is 12.3. The third kappa shape index (κ3) is 3.27. The van der Waals surface area contributed by atoms with Crippen LogP contribution in [0.15, 0.2) is 53.4 Å². The van der Waals surface area contributed by atoms with Crippen molar-refractivity contribution in [2.75, 3.05) is 4.72 Å². The molecule has 0 fully saturated rings. The van der Waals surface area contributed by atoms with Crippen LogP contribution in [0.5, 0.6) is 0 Å². The van der Waals surface area contributed by atoms with Crippen molar-refractivity contribution in [1.29, 1.82) is 0 Å². The fourth-order valence-corrected chi connectivity index (χ4v) is 3.29. The standard InChI is InChI=1S/C13H11ClN2O2S2/c14-11-7-6-9(13(15)19)8-12(11)20(17,18)16-10-4-2-1-3-5-10/h1-8,16H,(H2,15,19). The molecule has 20 heavy (non-hydrogen) atoms. The van der Waals surface area contributed by atoms with Gasteiger partial charge in [-0.05, 0) is 24.3 Å². The first-order valence-corrected chi connectivity index (χ1v) is 7.84. The zero-order valence-electron chi connectivity index (χ0n) is 10.2. The second-order valence-corrected chi connectivity index (χ2v) is 6.48. The lowest BCUT2D eigenvalue weighted by atomic mass is 10.2. The van der Waals surface area contributed by atoms with Gasteiger partial charge in [0.1, 0.15) is 9.88 Å². The minimum atomic E-state index is -3.80. The molecule has 0 unspecified atom stereocenters. The van der Waals surface area contributed by atoms with Gasteiger partial charge in [-0.15, -0.1) is 0 Å². The molecule has 0 saturated heterocycles. The minimum Gasteiger partial charge on any atom is -0.389 e. The van der Waals surface area contributed by atoms with Crippen molar-refractivity contribution in [3.05, 3.63) is 59.1 Å². The lowest BCUT2D eigenvalue weighted by Crippen LogP contribution is -2.15. The van der Waals surface area contributed by atoms with Crippen molar-refractivity contribution in [2.24, 2.45) is 5.73 Å². The largest absolute Gasteiger partial charge is 0.389 e. The highest BCUT2D eigenvalue weighted by molar-refractivity contribution is 7.92. The topological polar surface area (TPSA) is 72.2 Å². The SMILES string of the molecule is NC(=S)c1ccc(Cl)c(S(=O)(=O)Nc2ccccc2)c1. The molecule has 0 aliphatic heterocycles. The van der Waals surface area contributed by atoms with Gasteiger partial charge in [0.25, 0.3) is 10.0 Å². The van der Waals surface area contributed by atoms with E-state index in [9.17, 15) is 8.42 Å². The number of hydrogen-bond acceptors (Lipinski definition) is 3. The molecular formula is C13H11ClN2O2S2. The van der Waals surface area contributed by atoms with E-state index in [0.29, 0.717) is 11.3 Å². The maximum absolute atomic E-state index is 12.3. The van der Waals surface area contributed by atoms with E-state index in [1.54, 1.807) is 36.4 Å². The predicted molar refractivity (Wildman–Crippen MR) is 84.6 cm³/mol. The van der Waals surface area contributed by atoms with Gasteiger partial charge in [0.05, 0.1) is 5.02 Å². The van der Waals surface area contributed by atoms with E-state index in [-0.39, 0.29) is 14.9 Å². The van der Waals surface area contributed by atoms with Gasteiger partial charge in [-0.2, -0.15) is 0 Å². The molecular weight excluding hydrogens is 316 g/mol. The van der Waals surface area contributed by atoms with Gasteiger partial charge in [-0.3, -0.25) is 4.72 Å². The zero-order valence-corrected chi connectivity index (χ0v) is 12.6. The number of halogens is 1. The Balaban J connectivity index is 2.44. The number of para-hydroxylation sites is 1. The van der Waals surface area contributed by atoms with Crippen LogP contribution in [0.3, 0.4) is 0 Å². The number of hydrogen-bond donors (Lipinski definition) is 2. The Hall–Kier alpha value is -1.63. The first-order chi connectivity index (χ1) is 9.40. The average Bonchev–Trinajstić information content (AvgIpc) is 2.39. The number of rotatable bonds is 4. The number of thiocarbonyl (C=S) groups is 1. The first kappa shape index (κ1) is 14.8. The maximum Gasteiger partial charge on any atom is 0.263 e. The van der Waals surface area contributed by atoms with Gasteiger partial charge < -0.3 is 5.73 Å². The fraction of sp³-hybridized carbons (Fsp3) is 0. The van der Waals surface area contributed by atoms with Gasteiger partial charge in [0.15, 0.2) is 0 Å². The van der Waals surface area contributed by atoms with Crippen LogP contribution >= 0.6 is 23.8 Å². The molecule has 0 aliphatic rings. The van der Waals surface area contributed by atoms with Gasteiger partial charge >= 0.3 is 0 Å². The molecule has 0 aromatic heterocycles. The third-order valence-electron chi connectivity index (χ3n) is 2.53. The van der Waals surface area contributed by atoms with E-state index in [1.165, 1.54) is 12.1 Å². The fourth-order valence-electron chi connectivity index (χ4n) is 1.58. The molecule has 2 aromatic rings. The van der Waals surface area contributed by atoms with Gasteiger partial charge in [0, 0.05) is 11.3 Å². The van der Waals surface area contributed by atoms with E-state index in [4.69, 9.17) is 29.6 Å². The lowest BCUT2D eigenvalue weighted by molar-refractivity contribution is 0.601. The Morgan fingerprint density at radius 1 is 1.15 bits per heavy atom. The Morgan fingerprint density at radius 2 is 1.80 bits per heavy atom. The second kappa shape index (κ2) is 5.78. The van der Waals surface area contributed by atoms with Gasteiger partial charge in [-0.25, -0.2) is 8.42 Å². The minimum absolute atomic E-state index is 0.0617. The normalized spacial score (nSPS) is 11.1. The van der Waals surface area contributed by atoms with Crippen molar-refractivity contribution < 1.29 is 8.42 Å². The molecule has 2 aromatic carbocycles. The Bertz CT molecular complexity index is 746. The second-order valence-electron chi connectivity index (χ2n) is 3.98. The number of nitrogens with two attached hydrogens (primary N) is 1. The number of benzene rings is 2. The molecule has 0 amide bonds. The highest BCUT2D eigenvalue weighted by Crippen LogP contribution is 2.25.